The lowest BCUT2D eigenvalue weighted by molar-refractivity contribution is 0.497. The Balaban J connectivity index is 2.60. The topological polar surface area (TPSA) is 58.8 Å². The van der Waals surface area contributed by atoms with Gasteiger partial charge in [-0.15, -0.1) is 0 Å². The number of rotatable bonds is 0. The van der Waals surface area contributed by atoms with Crippen molar-refractivity contribution in [2.45, 2.75) is 6.92 Å². The monoisotopic (exact) mass is 277 g/mol. The first kappa shape index (κ1) is 11.9. The maximum absolute atomic E-state index is 12.7. The fourth-order valence-corrected chi connectivity index (χ4v) is 3.08. The van der Waals surface area contributed by atoms with Gasteiger partial charge in [0.1, 0.15) is 11.0 Å². The molecule has 0 spiro atoms. The molecule has 2 heterocycles. The van der Waals surface area contributed by atoms with Gasteiger partial charge in [-0.25, -0.2) is 0 Å². The summed E-state index contributed by atoms with van der Waals surface area (Å²) in [7, 11) is 0. The van der Waals surface area contributed by atoms with Gasteiger partial charge < -0.3 is 5.11 Å². The molecule has 0 saturated carbocycles. The van der Waals surface area contributed by atoms with Crippen molar-refractivity contribution in [3.05, 3.63) is 68.3 Å². The molecule has 4 aromatic rings. The van der Waals surface area contributed by atoms with E-state index in [0.717, 1.165) is 16.3 Å². The van der Waals surface area contributed by atoms with E-state index in [1.165, 1.54) is 11.3 Å². The molecule has 0 aliphatic carbocycles. The minimum atomic E-state index is -0.468. The van der Waals surface area contributed by atoms with Crippen LogP contribution < -0.4 is 16.2 Å². The van der Waals surface area contributed by atoms with Gasteiger partial charge in [-0.05, 0) is 19.1 Å². The predicted octanol–water partition coefficient (Wildman–Crippen LogP) is 1.81. The van der Waals surface area contributed by atoms with Gasteiger partial charge in [0.2, 0.25) is 5.43 Å². The molecule has 4 heteroatoms. The van der Waals surface area contributed by atoms with Crippen molar-refractivity contribution in [2.24, 2.45) is 0 Å². The summed E-state index contributed by atoms with van der Waals surface area (Å²) in [5.41, 5.74) is 0.487. The van der Waals surface area contributed by atoms with Gasteiger partial charge in [-0.3, -0.25) is 14.0 Å². The van der Waals surface area contributed by atoms with Gasteiger partial charge in [0.05, 0.1) is 11.0 Å². The van der Waals surface area contributed by atoms with Gasteiger partial charge >= 0.3 is 0 Å². The Morgan fingerprint density at radius 1 is 0.952 bits per heavy atom. The molecule has 2 aromatic carbocycles. The average molecular weight is 277 g/mol. The fourth-order valence-electron chi connectivity index (χ4n) is 3.08. The molecule has 0 unspecified atom stereocenters. The van der Waals surface area contributed by atoms with E-state index in [9.17, 15) is 14.7 Å². The third kappa shape index (κ3) is 1.34. The predicted molar refractivity (Wildman–Crippen MR) is 83.1 cm³/mol. The van der Waals surface area contributed by atoms with Crippen molar-refractivity contribution in [3.63, 3.8) is 0 Å². The zero-order valence-corrected chi connectivity index (χ0v) is 11.3. The van der Waals surface area contributed by atoms with E-state index >= 15 is 0 Å². The Kier molecular flexibility index (Phi) is 2.17. The smallest absolute Gasteiger partial charge is 0.270 e. The minimum absolute atomic E-state index is 0.156. The Labute approximate surface area is 118 Å². The van der Waals surface area contributed by atoms with E-state index in [4.69, 9.17) is 0 Å². The highest BCUT2D eigenvalue weighted by molar-refractivity contribution is 6.13. The summed E-state index contributed by atoms with van der Waals surface area (Å²) in [4.78, 5) is 25.1. The van der Waals surface area contributed by atoms with Crippen molar-refractivity contribution in [2.75, 3.05) is 0 Å². The quantitative estimate of drug-likeness (QED) is 0.533. The third-order valence-electron chi connectivity index (χ3n) is 3.95. The van der Waals surface area contributed by atoms with E-state index in [2.05, 4.69) is 0 Å². The third-order valence-corrected chi connectivity index (χ3v) is 3.95. The number of para-hydroxylation sites is 2. The lowest BCUT2D eigenvalue weighted by Crippen LogP contribution is -2.43. The largest absolute Gasteiger partial charge is 0.512 e. The van der Waals surface area contributed by atoms with Crippen molar-refractivity contribution < 1.29 is 5.11 Å². The van der Waals surface area contributed by atoms with Gasteiger partial charge in [0, 0.05) is 16.2 Å². The first-order valence-electron chi connectivity index (χ1n) is 6.62. The second kappa shape index (κ2) is 3.82. The number of aliphatic hydroxyl groups excluding tert-OH is 1. The van der Waals surface area contributed by atoms with Gasteiger partial charge in [0.15, 0.2) is 0 Å². The number of hydrogen-bond acceptors (Lipinski definition) is 3. The van der Waals surface area contributed by atoms with Crippen LogP contribution in [0.25, 0.3) is 33.0 Å². The second-order valence-corrected chi connectivity index (χ2v) is 5.15. The molecule has 4 nitrogen and oxygen atoms in total. The molecule has 0 amide bonds. The molecule has 4 rings (SSSR count). The average Bonchev–Trinajstić information content (AvgIpc) is 2.80. The second-order valence-electron chi connectivity index (χ2n) is 5.15. The van der Waals surface area contributed by atoms with Crippen molar-refractivity contribution in [3.8, 4) is 0 Å². The summed E-state index contributed by atoms with van der Waals surface area (Å²) in [6.45, 7) is 1.36. The van der Waals surface area contributed by atoms with Crippen molar-refractivity contribution in [1.29, 1.82) is 0 Å². The number of hydrogen-bond donors (Lipinski definition) is 1. The highest BCUT2D eigenvalue weighted by atomic mass is 16.3. The van der Waals surface area contributed by atoms with Gasteiger partial charge in [-0.2, -0.15) is 0 Å². The van der Waals surface area contributed by atoms with Crippen molar-refractivity contribution >= 4 is 33.0 Å². The summed E-state index contributed by atoms with van der Waals surface area (Å²) in [5, 5.41) is 11.8. The first-order chi connectivity index (χ1) is 10.1. The number of pyridine rings is 1. The molecular weight excluding hydrogens is 266 g/mol. The van der Waals surface area contributed by atoms with E-state index < -0.39 is 11.0 Å². The van der Waals surface area contributed by atoms with Crippen LogP contribution in [0, 0.1) is 0 Å². The van der Waals surface area contributed by atoms with E-state index in [-0.39, 0.29) is 11.0 Å². The highest BCUT2D eigenvalue weighted by Gasteiger charge is 2.17. The normalized spacial score (nSPS) is 13.4. The van der Waals surface area contributed by atoms with Crippen LogP contribution in [0.2, 0.25) is 0 Å². The Bertz CT molecular complexity index is 1180. The fraction of sp³-hybridized carbons (Fsp3) is 0.0588. The number of aromatic nitrogens is 1. The zero-order chi connectivity index (χ0) is 14.7. The summed E-state index contributed by atoms with van der Waals surface area (Å²) in [5.74, 6) is -0.245. The van der Waals surface area contributed by atoms with Crippen LogP contribution >= 0.6 is 0 Å². The van der Waals surface area contributed by atoms with Crippen LogP contribution in [0.4, 0.5) is 0 Å². The lowest BCUT2D eigenvalue weighted by Gasteiger charge is -2.00. The molecule has 1 N–H and O–H groups in total. The molecule has 0 atom stereocenters. The molecular formula is C17H11NO3. The Hall–Kier alpha value is -2.88. The lowest BCUT2D eigenvalue weighted by atomic mass is 10.1. The summed E-state index contributed by atoms with van der Waals surface area (Å²) >= 11 is 0. The van der Waals surface area contributed by atoms with E-state index in [1.807, 2.05) is 30.3 Å². The van der Waals surface area contributed by atoms with Gasteiger partial charge in [-0.1, -0.05) is 30.3 Å². The zero-order valence-electron chi connectivity index (χ0n) is 11.3. The standard InChI is InChI=1S/C17H11NO3/c1-9(19)14-16(20)12-7-4-6-11-10-5-2-3-8-13(10)18(15(11)12)17(14)21/h2-8,19H,1H3/b14-9-. The minimum Gasteiger partial charge on any atom is -0.512 e. The Morgan fingerprint density at radius 2 is 1.62 bits per heavy atom. The Morgan fingerprint density at radius 3 is 2.38 bits per heavy atom. The summed E-state index contributed by atoms with van der Waals surface area (Å²) in [6, 6.07) is 12.9. The molecule has 2 aromatic heterocycles. The van der Waals surface area contributed by atoms with Gasteiger partial charge in [0.25, 0.3) is 5.56 Å². The number of aliphatic hydroxyl groups is 1. The van der Waals surface area contributed by atoms with Crippen LogP contribution in [-0.2, 0) is 0 Å². The molecule has 0 saturated heterocycles. The molecule has 21 heavy (non-hydrogen) atoms. The van der Waals surface area contributed by atoms with E-state index in [0.29, 0.717) is 10.9 Å². The SMILES string of the molecule is C/C(O)=c1\c(=O)c2cccc3c4ccccc4n(c1=O)c23. The van der Waals surface area contributed by atoms with E-state index in [1.54, 1.807) is 12.1 Å². The molecule has 0 aliphatic rings. The molecule has 0 radical (unpaired) electrons. The summed E-state index contributed by atoms with van der Waals surface area (Å²) < 4.78 is 1.52. The van der Waals surface area contributed by atoms with Crippen LogP contribution in [0.3, 0.4) is 0 Å². The van der Waals surface area contributed by atoms with Crippen LogP contribution in [0.5, 0.6) is 0 Å². The maximum Gasteiger partial charge on any atom is 0.270 e. The number of benzene rings is 2. The number of fused-ring (bicyclic) bond motifs is 3. The first-order valence-corrected chi connectivity index (χ1v) is 6.62. The van der Waals surface area contributed by atoms with Crippen LogP contribution in [0.15, 0.2) is 52.1 Å². The molecule has 0 bridgehead atoms. The molecule has 0 aliphatic heterocycles. The molecule has 102 valence electrons. The van der Waals surface area contributed by atoms with Crippen molar-refractivity contribution in [1.82, 2.24) is 4.40 Å². The van der Waals surface area contributed by atoms with Crippen LogP contribution in [0.1, 0.15) is 6.92 Å². The van der Waals surface area contributed by atoms with Crippen LogP contribution in [-0.4, -0.2) is 9.51 Å². The highest BCUT2D eigenvalue weighted by Crippen LogP contribution is 2.28. The number of nitrogens with zero attached hydrogens (tertiary/aromatic N) is 1. The maximum atomic E-state index is 12.7. The molecule has 0 fully saturated rings. The summed E-state index contributed by atoms with van der Waals surface area (Å²) in [6.07, 6.45) is 0.